The minimum atomic E-state index is 0. The second-order valence-electron chi connectivity index (χ2n) is 6.22. The summed E-state index contributed by atoms with van der Waals surface area (Å²) in [5.41, 5.74) is 7.56. The maximum Gasteiger partial charge on any atom is 0.319 e. The highest BCUT2D eigenvalue weighted by molar-refractivity contribution is 5.85. The van der Waals surface area contributed by atoms with E-state index in [1.807, 2.05) is 24.3 Å². The van der Waals surface area contributed by atoms with Crippen molar-refractivity contribution in [2.45, 2.75) is 19.3 Å². The number of piperidine rings is 1. The third kappa shape index (κ3) is 5.60. The quantitative estimate of drug-likeness (QED) is 0.808. The van der Waals surface area contributed by atoms with Gasteiger partial charge < -0.3 is 20.9 Å². The Hall–Kier alpha value is -1.95. The number of likely N-dealkylation sites (tertiary alicyclic amines) is 1. The molecule has 1 fully saturated rings. The van der Waals surface area contributed by atoms with Crippen molar-refractivity contribution in [2.24, 2.45) is 5.92 Å². The van der Waals surface area contributed by atoms with Crippen LogP contribution in [-0.4, -0.2) is 55.5 Å². The molecule has 0 bridgehead atoms. The fourth-order valence-electron chi connectivity index (χ4n) is 2.77. The molecule has 6 nitrogen and oxygen atoms in total. The molecular weight excluding hydrogens is 328 g/mol. The van der Waals surface area contributed by atoms with Gasteiger partial charge >= 0.3 is 6.03 Å². The lowest BCUT2D eigenvalue weighted by molar-refractivity contribution is -0.126. The van der Waals surface area contributed by atoms with Gasteiger partial charge in [0.25, 0.3) is 0 Å². The van der Waals surface area contributed by atoms with Crippen LogP contribution in [0.4, 0.5) is 10.5 Å². The van der Waals surface area contributed by atoms with Gasteiger partial charge in [-0.3, -0.25) is 4.79 Å². The van der Waals surface area contributed by atoms with E-state index in [0.717, 1.165) is 30.5 Å². The van der Waals surface area contributed by atoms with Gasteiger partial charge in [-0.2, -0.15) is 0 Å². The van der Waals surface area contributed by atoms with Crippen molar-refractivity contribution in [1.82, 2.24) is 15.1 Å². The highest BCUT2D eigenvalue weighted by Gasteiger charge is 2.27. The molecule has 134 valence electrons. The lowest BCUT2D eigenvalue weighted by atomic mass is 9.96. The van der Waals surface area contributed by atoms with Crippen LogP contribution in [-0.2, 0) is 11.2 Å². The van der Waals surface area contributed by atoms with E-state index in [9.17, 15) is 9.59 Å². The molecule has 1 heterocycles. The van der Waals surface area contributed by atoms with Crippen molar-refractivity contribution >= 4 is 30.0 Å². The van der Waals surface area contributed by atoms with Gasteiger partial charge in [0.05, 0.1) is 0 Å². The Labute approximate surface area is 149 Å². The standard InChI is InChI=1S/C17H26N4O2.ClH/c1-20(2)17(23)21-11-8-14(9-12-21)16(22)19-10-7-13-3-5-15(18)6-4-13;/h3-6,14H,7-12,18H2,1-2H3,(H,19,22);1H. The van der Waals surface area contributed by atoms with Gasteiger partial charge in [-0.15, -0.1) is 12.4 Å². The van der Waals surface area contributed by atoms with Crippen molar-refractivity contribution in [2.75, 3.05) is 39.5 Å². The summed E-state index contributed by atoms with van der Waals surface area (Å²) in [6.07, 6.45) is 2.25. The SMILES string of the molecule is CN(C)C(=O)N1CCC(C(=O)NCCc2ccc(N)cc2)CC1.Cl. The van der Waals surface area contributed by atoms with Gasteiger partial charge in [-0.1, -0.05) is 12.1 Å². The molecule has 1 aromatic rings. The Morgan fingerprint density at radius 3 is 2.33 bits per heavy atom. The lowest BCUT2D eigenvalue weighted by Crippen LogP contribution is -2.46. The molecule has 0 aromatic heterocycles. The van der Waals surface area contributed by atoms with Crippen LogP contribution in [0.2, 0.25) is 0 Å². The molecule has 3 N–H and O–H groups in total. The smallest absolute Gasteiger partial charge is 0.319 e. The summed E-state index contributed by atoms with van der Waals surface area (Å²) in [5.74, 6) is 0.102. The summed E-state index contributed by atoms with van der Waals surface area (Å²) in [7, 11) is 3.50. The Morgan fingerprint density at radius 1 is 1.21 bits per heavy atom. The molecule has 3 amide bonds. The van der Waals surface area contributed by atoms with Crippen LogP contribution >= 0.6 is 12.4 Å². The number of carbonyl (C=O) groups is 2. The van der Waals surface area contributed by atoms with Crippen LogP contribution < -0.4 is 11.1 Å². The second-order valence-corrected chi connectivity index (χ2v) is 6.22. The second kappa shape index (κ2) is 9.37. The van der Waals surface area contributed by atoms with Gasteiger partial charge in [0.15, 0.2) is 0 Å². The minimum absolute atomic E-state index is 0. The number of nitrogen functional groups attached to an aromatic ring is 1. The largest absolute Gasteiger partial charge is 0.399 e. The molecule has 7 heteroatoms. The number of amides is 3. The summed E-state index contributed by atoms with van der Waals surface area (Å²) in [4.78, 5) is 27.5. The van der Waals surface area contributed by atoms with Crippen LogP contribution in [0, 0.1) is 5.92 Å². The number of halogens is 1. The monoisotopic (exact) mass is 354 g/mol. The normalized spacial score (nSPS) is 14.7. The van der Waals surface area contributed by atoms with Crippen LogP contribution in [0.25, 0.3) is 0 Å². The van der Waals surface area contributed by atoms with Crippen molar-refractivity contribution in [3.05, 3.63) is 29.8 Å². The van der Waals surface area contributed by atoms with Gasteiger partial charge in [0, 0.05) is 45.3 Å². The van der Waals surface area contributed by atoms with Gasteiger partial charge in [0.2, 0.25) is 5.91 Å². The number of nitrogens with one attached hydrogen (secondary N) is 1. The first-order valence-electron chi connectivity index (χ1n) is 8.05. The Bertz CT molecular complexity index is 540. The molecule has 24 heavy (non-hydrogen) atoms. The number of hydrogen-bond donors (Lipinski definition) is 2. The number of rotatable bonds is 4. The molecule has 1 aliphatic heterocycles. The van der Waals surface area contributed by atoms with E-state index < -0.39 is 0 Å². The maximum absolute atomic E-state index is 12.2. The average Bonchev–Trinajstić information content (AvgIpc) is 2.56. The average molecular weight is 355 g/mol. The fourth-order valence-corrected chi connectivity index (χ4v) is 2.77. The first kappa shape index (κ1) is 20.1. The summed E-state index contributed by atoms with van der Waals surface area (Å²) in [5, 5.41) is 3.00. The van der Waals surface area contributed by atoms with E-state index in [0.29, 0.717) is 19.6 Å². The minimum Gasteiger partial charge on any atom is -0.399 e. The highest BCUT2D eigenvalue weighted by Crippen LogP contribution is 2.18. The zero-order valence-electron chi connectivity index (χ0n) is 14.3. The molecule has 1 saturated heterocycles. The number of urea groups is 1. The van der Waals surface area contributed by atoms with E-state index in [4.69, 9.17) is 5.73 Å². The summed E-state index contributed by atoms with van der Waals surface area (Å²) >= 11 is 0. The van der Waals surface area contributed by atoms with Crippen LogP contribution in [0.1, 0.15) is 18.4 Å². The van der Waals surface area contributed by atoms with Crippen LogP contribution in [0.3, 0.4) is 0 Å². The fraction of sp³-hybridized carbons (Fsp3) is 0.529. The lowest BCUT2D eigenvalue weighted by Gasteiger charge is -2.33. The van der Waals surface area contributed by atoms with Crippen LogP contribution in [0.15, 0.2) is 24.3 Å². The zero-order valence-corrected chi connectivity index (χ0v) is 15.1. The van der Waals surface area contributed by atoms with E-state index in [-0.39, 0.29) is 30.3 Å². The maximum atomic E-state index is 12.2. The number of nitrogens with zero attached hydrogens (tertiary/aromatic N) is 2. The zero-order chi connectivity index (χ0) is 16.8. The van der Waals surface area contributed by atoms with Crippen molar-refractivity contribution < 1.29 is 9.59 Å². The van der Waals surface area contributed by atoms with Crippen molar-refractivity contribution in [3.63, 3.8) is 0 Å². The first-order chi connectivity index (χ1) is 11.0. The molecule has 1 aromatic carbocycles. The van der Waals surface area contributed by atoms with Gasteiger partial charge in [-0.25, -0.2) is 4.79 Å². The van der Waals surface area contributed by atoms with Crippen molar-refractivity contribution in [3.8, 4) is 0 Å². The van der Waals surface area contributed by atoms with E-state index in [2.05, 4.69) is 5.32 Å². The van der Waals surface area contributed by atoms with E-state index >= 15 is 0 Å². The summed E-state index contributed by atoms with van der Waals surface area (Å²) in [6, 6.07) is 7.72. The molecule has 0 saturated carbocycles. The third-order valence-electron chi connectivity index (χ3n) is 4.21. The van der Waals surface area contributed by atoms with Crippen molar-refractivity contribution in [1.29, 1.82) is 0 Å². The van der Waals surface area contributed by atoms with E-state index in [1.165, 1.54) is 0 Å². The predicted octanol–water partition coefficient (Wildman–Crippen LogP) is 1.74. The molecule has 1 aliphatic rings. The molecule has 0 spiro atoms. The number of carbonyl (C=O) groups excluding carboxylic acids is 2. The predicted molar refractivity (Wildman–Crippen MR) is 98.2 cm³/mol. The molecule has 0 unspecified atom stereocenters. The number of benzene rings is 1. The third-order valence-corrected chi connectivity index (χ3v) is 4.21. The summed E-state index contributed by atoms with van der Waals surface area (Å²) in [6.45, 7) is 1.92. The van der Waals surface area contributed by atoms with Crippen LogP contribution in [0.5, 0.6) is 0 Å². The molecule has 0 radical (unpaired) electrons. The number of anilines is 1. The highest BCUT2D eigenvalue weighted by atomic mass is 35.5. The topological polar surface area (TPSA) is 78.7 Å². The van der Waals surface area contributed by atoms with E-state index in [1.54, 1.807) is 23.9 Å². The molecule has 2 rings (SSSR count). The molecule has 0 aliphatic carbocycles. The number of hydrogen-bond acceptors (Lipinski definition) is 3. The Morgan fingerprint density at radius 2 is 1.79 bits per heavy atom. The Kier molecular flexibility index (Phi) is 7.85. The Balaban J connectivity index is 0.00000288. The van der Waals surface area contributed by atoms with Gasteiger partial charge in [-0.05, 0) is 37.0 Å². The number of nitrogens with two attached hydrogens (primary N) is 1. The first-order valence-corrected chi connectivity index (χ1v) is 8.05. The molecular formula is C17H27ClN4O2. The molecule has 0 atom stereocenters. The summed E-state index contributed by atoms with van der Waals surface area (Å²) < 4.78 is 0. The van der Waals surface area contributed by atoms with Gasteiger partial charge in [0.1, 0.15) is 0 Å².